The van der Waals surface area contributed by atoms with Crippen molar-refractivity contribution in [1.29, 1.82) is 0 Å². The lowest BCUT2D eigenvalue weighted by Gasteiger charge is -2.08. The van der Waals surface area contributed by atoms with Crippen LogP contribution in [0.15, 0.2) is 48.7 Å². The van der Waals surface area contributed by atoms with E-state index in [1.165, 1.54) is 23.7 Å². The standard InChI is InChI=1S/C22H17FN6O5/c1-12-18(28(31)32)9-16(10-19(12)29(33)34)25-20(30)11-27-22-21(13(2)26-27)17(7-8-24-22)14-3-5-15(23)6-4-14/h3-10H,11H2,1-2H3,(H,25,30). The summed E-state index contributed by atoms with van der Waals surface area (Å²) in [6.45, 7) is 2.72. The van der Waals surface area contributed by atoms with Crippen LogP contribution in [0, 0.1) is 39.9 Å². The highest BCUT2D eigenvalue weighted by Gasteiger charge is 2.24. The third-order valence-corrected chi connectivity index (χ3v) is 5.29. The van der Waals surface area contributed by atoms with Crippen molar-refractivity contribution >= 4 is 34.0 Å². The van der Waals surface area contributed by atoms with E-state index < -0.39 is 27.1 Å². The topological polar surface area (TPSA) is 146 Å². The third kappa shape index (κ3) is 4.16. The Balaban J connectivity index is 1.66. The lowest BCUT2D eigenvalue weighted by Crippen LogP contribution is -2.20. The molecule has 0 unspecified atom stereocenters. The van der Waals surface area contributed by atoms with Gasteiger partial charge in [-0.15, -0.1) is 0 Å². The quantitative estimate of drug-likeness (QED) is 0.330. The van der Waals surface area contributed by atoms with Gasteiger partial charge in [0.2, 0.25) is 5.91 Å². The number of rotatable bonds is 6. The number of nitrogens with zero attached hydrogens (tertiary/aromatic N) is 5. The van der Waals surface area contributed by atoms with E-state index in [9.17, 15) is 29.4 Å². The maximum atomic E-state index is 13.3. The number of pyridine rings is 1. The van der Waals surface area contributed by atoms with Gasteiger partial charge in [-0.05, 0) is 43.2 Å². The van der Waals surface area contributed by atoms with Crippen LogP contribution in [0.25, 0.3) is 22.2 Å². The predicted octanol–water partition coefficient (Wildman–Crippen LogP) is 4.31. The molecule has 0 saturated heterocycles. The molecular formula is C22H17FN6O5. The van der Waals surface area contributed by atoms with Crippen molar-refractivity contribution < 1.29 is 19.0 Å². The summed E-state index contributed by atoms with van der Waals surface area (Å²) in [5, 5.41) is 30.1. The van der Waals surface area contributed by atoms with Gasteiger partial charge in [0.15, 0.2) is 5.65 Å². The van der Waals surface area contributed by atoms with Crippen LogP contribution in [0.1, 0.15) is 11.3 Å². The molecule has 4 rings (SSSR count). The molecular weight excluding hydrogens is 447 g/mol. The molecule has 0 radical (unpaired) electrons. The first-order valence-electron chi connectivity index (χ1n) is 9.97. The van der Waals surface area contributed by atoms with E-state index in [1.807, 2.05) is 0 Å². The average Bonchev–Trinajstić information content (AvgIpc) is 3.10. The van der Waals surface area contributed by atoms with E-state index in [0.29, 0.717) is 16.7 Å². The number of carbonyl (C=O) groups is 1. The SMILES string of the molecule is Cc1c([N+](=O)[O-])cc(NC(=O)Cn2nc(C)c3c(-c4ccc(F)cc4)ccnc32)cc1[N+](=O)[O-]. The van der Waals surface area contributed by atoms with Gasteiger partial charge in [0.05, 0.1) is 21.2 Å². The zero-order valence-electron chi connectivity index (χ0n) is 18.0. The van der Waals surface area contributed by atoms with Crippen molar-refractivity contribution in [2.75, 3.05) is 5.32 Å². The van der Waals surface area contributed by atoms with Gasteiger partial charge < -0.3 is 5.32 Å². The summed E-state index contributed by atoms with van der Waals surface area (Å²) < 4.78 is 14.7. The molecule has 11 nitrogen and oxygen atoms in total. The minimum atomic E-state index is -0.747. The first-order chi connectivity index (χ1) is 16.2. The fourth-order valence-electron chi connectivity index (χ4n) is 3.73. The van der Waals surface area contributed by atoms with E-state index in [1.54, 1.807) is 31.3 Å². The summed E-state index contributed by atoms with van der Waals surface area (Å²) in [6, 6.07) is 9.84. The van der Waals surface area contributed by atoms with Crippen molar-refractivity contribution in [2.24, 2.45) is 0 Å². The minimum Gasteiger partial charge on any atom is -0.324 e. The van der Waals surface area contributed by atoms with Crippen molar-refractivity contribution in [3.8, 4) is 11.1 Å². The number of anilines is 1. The Bertz CT molecular complexity index is 1430. The van der Waals surface area contributed by atoms with Crippen molar-refractivity contribution in [3.63, 3.8) is 0 Å². The number of halogens is 1. The molecule has 1 amide bonds. The summed E-state index contributed by atoms with van der Waals surface area (Å²) in [6.07, 6.45) is 1.54. The first kappa shape index (κ1) is 22.5. The number of benzene rings is 2. The molecule has 0 spiro atoms. The molecule has 4 aromatic rings. The molecule has 172 valence electrons. The van der Waals surface area contributed by atoms with E-state index in [2.05, 4.69) is 15.4 Å². The van der Waals surface area contributed by atoms with E-state index >= 15 is 0 Å². The maximum absolute atomic E-state index is 13.3. The van der Waals surface area contributed by atoms with Crippen LogP contribution in [0.4, 0.5) is 21.5 Å². The maximum Gasteiger partial charge on any atom is 0.281 e. The van der Waals surface area contributed by atoms with Crippen LogP contribution in [0.2, 0.25) is 0 Å². The summed E-state index contributed by atoms with van der Waals surface area (Å²) in [7, 11) is 0. The molecule has 2 aromatic heterocycles. The number of amides is 1. The predicted molar refractivity (Wildman–Crippen MR) is 121 cm³/mol. The molecule has 0 bridgehead atoms. The molecule has 1 N–H and O–H groups in total. The number of hydrogen-bond donors (Lipinski definition) is 1. The zero-order chi connectivity index (χ0) is 24.6. The largest absolute Gasteiger partial charge is 0.324 e. The van der Waals surface area contributed by atoms with Crippen LogP contribution in [0.3, 0.4) is 0 Å². The Hall–Kier alpha value is -4.74. The van der Waals surface area contributed by atoms with Gasteiger partial charge in [-0.2, -0.15) is 5.10 Å². The third-order valence-electron chi connectivity index (χ3n) is 5.29. The Morgan fingerprint density at radius 3 is 2.26 bits per heavy atom. The molecule has 34 heavy (non-hydrogen) atoms. The Morgan fingerprint density at radius 1 is 1.06 bits per heavy atom. The van der Waals surface area contributed by atoms with E-state index in [4.69, 9.17) is 0 Å². The molecule has 2 heterocycles. The highest BCUT2D eigenvalue weighted by Crippen LogP contribution is 2.32. The summed E-state index contributed by atoms with van der Waals surface area (Å²) >= 11 is 0. The van der Waals surface area contributed by atoms with Crippen molar-refractivity contribution in [3.05, 3.63) is 86.0 Å². The number of aryl methyl sites for hydroxylation is 1. The average molecular weight is 464 g/mol. The molecule has 0 atom stereocenters. The number of nitro benzene ring substituents is 2. The second-order valence-corrected chi connectivity index (χ2v) is 7.51. The van der Waals surface area contributed by atoms with Gasteiger partial charge in [0.1, 0.15) is 17.9 Å². The smallest absolute Gasteiger partial charge is 0.281 e. The lowest BCUT2D eigenvalue weighted by molar-refractivity contribution is -0.395. The van der Waals surface area contributed by atoms with Crippen molar-refractivity contribution in [1.82, 2.24) is 14.8 Å². The van der Waals surface area contributed by atoms with E-state index in [-0.39, 0.29) is 23.6 Å². The Kier molecular flexibility index (Phi) is 5.72. The highest BCUT2D eigenvalue weighted by atomic mass is 19.1. The second-order valence-electron chi connectivity index (χ2n) is 7.51. The fourth-order valence-corrected chi connectivity index (χ4v) is 3.73. The van der Waals surface area contributed by atoms with Gasteiger partial charge in [-0.1, -0.05) is 12.1 Å². The van der Waals surface area contributed by atoms with Crippen LogP contribution >= 0.6 is 0 Å². The fraction of sp³-hybridized carbons (Fsp3) is 0.136. The lowest BCUT2D eigenvalue weighted by atomic mass is 10.0. The molecule has 0 aliphatic heterocycles. The normalized spacial score (nSPS) is 10.9. The minimum absolute atomic E-state index is 0.0813. The molecule has 0 saturated carbocycles. The van der Waals surface area contributed by atoms with Crippen LogP contribution in [-0.4, -0.2) is 30.5 Å². The zero-order valence-corrected chi connectivity index (χ0v) is 18.0. The Labute approximate surface area is 191 Å². The van der Waals surface area contributed by atoms with Crippen LogP contribution < -0.4 is 5.32 Å². The van der Waals surface area contributed by atoms with Crippen molar-refractivity contribution in [2.45, 2.75) is 20.4 Å². The van der Waals surface area contributed by atoms with Gasteiger partial charge in [-0.25, -0.2) is 14.1 Å². The summed E-state index contributed by atoms with van der Waals surface area (Å²) in [4.78, 5) is 38.1. The second kappa shape index (κ2) is 8.65. The number of fused-ring (bicyclic) bond motifs is 1. The van der Waals surface area contributed by atoms with Gasteiger partial charge in [-0.3, -0.25) is 25.0 Å². The molecule has 0 fully saturated rings. The van der Waals surface area contributed by atoms with E-state index in [0.717, 1.165) is 23.3 Å². The van der Waals surface area contributed by atoms with Crippen LogP contribution in [0.5, 0.6) is 0 Å². The summed E-state index contributed by atoms with van der Waals surface area (Å²) in [5.41, 5.74) is 1.37. The van der Waals surface area contributed by atoms with Gasteiger partial charge in [0.25, 0.3) is 11.4 Å². The number of nitro groups is 2. The highest BCUT2D eigenvalue weighted by molar-refractivity contribution is 5.96. The number of aromatic nitrogens is 3. The van der Waals surface area contributed by atoms with Gasteiger partial charge in [0, 0.05) is 23.7 Å². The monoisotopic (exact) mass is 464 g/mol. The Morgan fingerprint density at radius 2 is 1.68 bits per heavy atom. The van der Waals surface area contributed by atoms with Gasteiger partial charge >= 0.3 is 0 Å². The molecule has 0 aliphatic rings. The number of nitrogens with one attached hydrogen (secondary N) is 1. The van der Waals surface area contributed by atoms with Crippen LogP contribution in [-0.2, 0) is 11.3 Å². The number of carbonyl (C=O) groups excluding carboxylic acids is 1. The molecule has 12 heteroatoms. The first-order valence-corrected chi connectivity index (χ1v) is 9.97. The molecule has 0 aliphatic carbocycles. The summed E-state index contributed by atoms with van der Waals surface area (Å²) in [5.74, 6) is -0.972. The molecule has 2 aromatic carbocycles. The number of hydrogen-bond acceptors (Lipinski definition) is 7.